The summed E-state index contributed by atoms with van der Waals surface area (Å²) < 4.78 is 5.73. The van der Waals surface area contributed by atoms with E-state index in [1.807, 2.05) is 30.3 Å². The van der Waals surface area contributed by atoms with Gasteiger partial charge in [-0.1, -0.05) is 48.0 Å². The Morgan fingerprint density at radius 1 is 1.25 bits per heavy atom. The van der Waals surface area contributed by atoms with Gasteiger partial charge >= 0.3 is 0 Å². The van der Waals surface area contributed by atoms with Crippen molar-refractivity contribution in [3.8, 4) is 6.07 Å². The molecule has 2 aromatic carbocycles. The third-order valence-electron chi connectivity index (χ3n) is 5.21. The zero-order chi connectivity index (χ0) is 19.8. The van der Waals surface area contributed by atoms with Gasteiger partial charge in [-0.2, -0.15) is 5.26 Å². The summed E-state index contributed by atoms with van der Waals surface area (Å²) in [5.74, 6) is 5.34. The van der Waals surface area contributed by atoms with Gasteiger partial charge in [0.2, 0.25) is 5.90 Å². The normalized spacial score (nSPS) is 26.0. The van der Waals surface area contributed by atoms with Crippen LogP contribution in [0.25, 0.3) is 0 Å². The second-order valence-electron chi connectivity index (χ2n) is 6.74. The molecule has 1 saturated heterocycles. The van der Waals surface area contributed by atoms with Crippen LogP contribution in [0.3, 0.4) is 0 Å². The maximum absolute atomic E-state index is 11.4. The fourth-order valence-corrected chi connectivity index (χ4v) is 4.18. The molecule has 2 N–H and O–H groups in total. The first-order chi connectivity index (χ1) is 13.5. The van der Waals surface area contributed by atoms with Gasteiger partial charge in [-0.25, -0.2) is 11.0 Å². The fourth-order valence-electron chi connectivity index (χ4n) is 3.99. The summed E-state index contributed by atoms with van der Waals surface area (Å²) in [6.07, 6.45) is 0. The molecule has 1 fully saturated rings. The Morgan fingerprint density at radius 2 is 2.00 bits per heavy atom. The van der Waals surface area contributed by atoms with Crippen LogP contribution in [0.1, 0.15) is 23.1 Å². The lowest BCUT2D eigenvalue weighted by Gasteiger charge is -2.36. The number of benzene rings is 2. The highest BCUT2D eigenvalue weighted by Gasteiger charge is 2.50. The van der Waals surface area contributed by atoms with Crippen LogP contribution in [0.2, 0.25) is 5.02 Å². The van der Waals surface area contributed by atoms with Crippen molar-refractivity contribution in [3.05, 3.63) is 74.8 Å². The van der Waals surface area contributed by atoms with Crippen molar-refractivity contribution in [2.75, 3.05) is 6.61 Å². The van der Waals surface area contributed by atoms with Crippen LogP contribution in [-0.4, -0.2) is 22.5 Å². The number of fused-ring (bicyclic) bond motifs is 1. The smallest absolute Gasteiger partial charge is 0.288 e. The molecule has 2 heterocycles. The fraction of sp³-hybridized carbons (Fsp3) is 0.263. The number of nitriles is 1. The minimum Gasteiger partial charge on any atom is -0.478 e. The minimum atomic E-state index is -0.528. The Bertz CT molecular complexity index is 991. The number of hydrazine groups is 1. The number of hydrazone groups is 1. The molecule has 0 radical (unpaired) electrons. The van der Waals surface area contributed by atoms with Gasteiger partial charge in [0.25, 0.3) is 5.69 Å². The van der Waals surface area contributed by atoms with Gasteiger partial charge in [0.15, 0.2) is 0 Å². The summed E-state index contributed by atoms with van der Waals surface area (Å²) in [6, 6.07) is 16.1. The number of hydrogen-bond acceptors (Lipinski definition) is 7. The number of nitrogens with zero attached hydrogens (tertiary/aromatic N) is 4. The maximum atomic E-state index is 11.4. The molecule has 0 spiro atoms. The van der Waals surface area contributed by atoms with Crippen LogP contribution >= 0.6 is 11.6 Å². The van der Waals surface area contributed by atoms with Crippen molar-refractivity contribution < 1.29 is 9.66 Å². The van der Waals surface area contributed by atoms with E-state index in [9.17, 15) is 15.4 Å². The Morgan fingerprint density at radius 3 is 2.68 bits per heavy atom. The lowest BCUT2D eigenvalue weighted by molar-refractivity contribution is -0.384. The van der Waals surface area contributed by atoms with E-state index in [0.29, 0.717) is 11.5 Å². The molecule has 8 nitrogen and oxygen atoms in total. The largest absolute Gasteiger partial charge is 0.478 e. The van der Waals surface area contributed by atoms with E-state index in [0.717, 1.165) is 5.56 Å². The third-order valence-corrected chi connectivity index (χ3v) is 5.53. The van der Waals surface area contributed by atoms with Crippen molar-refractivity contribution in [2.45, 2.75) is 12.0 Å². The maximum Gasteiger partial charge on any atom is 0.288 e. The average molecular weight is 398 g/mol. The molecule has 28 heavy (non-hydrogen) atoms. The summed E-state index contributed by atoms with van der Waals surface area (Å²) in [5.41, 5.74) is 1.36. The molecule has 0 amide bonds. The van der Waals surface area contributed by atoms with Gasteiger partial charge < -0.3 is 4.74 Å². The number of nitro benzene ring substituents is 1. The molecule has 0 aromatic heterocycles. The van der Waals surface area contributed by atoms with Crippen molar-refractivity contribution in [1.29, 1.82) is 5.26 Å². The molecular weight excluding hydrogens is 382 g/mol. The van der Waals surface area contributed by atoms with E-state index >= 15 is 0 Å². The zero-order valence-corrected chi connectivity index (χ0v) is 15.4. The van der Waals surface area contributed by atoms with E-state index in [-0.39, 0.29) is 35.2 Å². The van der Waals surface area contributed by atoms with Gasteiger partial charge in [-0.3, -0.25) is 10.1 Å². The Kier molecular flexibility index (Phi) is 4.63. The topological polar surface area (TPSA) is 118 Å². The van der Waals surface area contributed by atoms with Crippen LogP contribution in [0.5, 0.6) is 0 Å². The van der Waals surface area contributed by atoms with Gasteiger partial charge in [-0.05, 0) is 17.2 Å². The summed E-state index contributed by atoms with van der Waals surface area (Å²) in [5, 5.41) is 26.8. The highest BCUT2D eigenvalue weighted by molar-refractivity contribution is 6.32. The standard InChI is InChI=1S/C19H16ClN5O3/c20-14-7-6-12(8-15(14)25(26)27)16-13(9-21)10-28-19-17(16)18(24(22)23-19)11-4-2-1-3-5-11/h1-8,13,16-18H,10,22H2. The van der Waals surface area contributed by atoms with Crippen molar-refractivity contribution >= 4 is 23.2 Å². The highest BCUT2D eigenvalue weighted by atomic mass is 35.5. The molecular formula is C19H16ClN5O3. The van der Waals surface area contributed by atoms with E-state index in [1.54, 1.807) is 6.07 Å². The molecule has 4 unspecified atom stereocenters. The lowest BCUT2D eigenvalue weighted by Crippen LogP contribution is -2.40. The number of nitro groups is 1. The predicted molar refractivity (Wildman–Crippen MR) is 102 cm³/mol. The quantitative estimate of drug-likeness (QED) is 0.482. The first kappa shape index (κ1) is 18.2. The van der Waals surface area contributed by atoms with Crippen LogP contribution in [0.4, 0.5) is 5.69 Å². The third kappa shape index (κ3) is 2.95. The number of ether oxygens (including phenoxy) is 1. The van der Waals surface area contributed by atoms with Crippen molar-refractivity contribution in [2.24, 2.45) is 22.8 Å². The molecule has 0 aliphatic carbocycles. The molecule has 4 atom stereocenters. The Hall–Kier alpha value is -3.15. The Balaban J connectivity index is 1.83. The van der Waals surface area contributed by atoms with E-state index in [4.69, 9.17) is 22.2 Å². The van der Waals surface area contributed by atoms with Crippen LogP contribution in [-0.2, 0) is 4.74 Å². The van der Waals surface area contributed by atoms with Gasteiger partial charge in [0.1, 0.15) is 17.7 Å². The first-order valence-electron chi connectivity index (χ1n) is 8.65. The number of nitrogens with two attached hydrogens (primary N) is 1. The van der Waals surface area contributed by atoms with Crippen LogP contribution < -0.4 is 5.84 Å². The van der Waals surface area contributed by atoms with E-state index in [2.05, 4.69) is 11.2 Å². The second-order valence-corrected chi connectivity index (χ2v) is 7.15. The SMILES string of the molecule is N#CC1COC2=NN(N)C(c3ccccc3)C2C1c1ccc(Cl)c([N+](=O)[O-])c1. The number of hydrogen-bond donors (Lipinski definition) is 1. The molecule has 2 aliphatic heterocycles. The summed E-state index contributed by atoms with van der Waals surface area (Å²) >= 11 is 5.98. The summed E-state index contributed by atoms with van der Waals surface area (Å²) in [7, 11) is 0. The first-order valence-corrected chi connectivity index (χ1v) is 9.02. The Labute approximate surface area is 165 Å². The number of halogens is 1. The molecule has 0 bridgehead atoms. The molecule has 2 aliphatic rings. The zero-order valence-electron chi connectivity index (χ0n) is 14.6. The average Bonchev–Trinajstić information content (AvgIpc) is 3.04. The highest BCUT2D eigenvalue weighted by Crippen LogP contribution is 2.49. The molecule has 2 aromatic rings. The van der Waals surface area contributed by atoms with Crippen LogP contribution in [0, 0.1) is 33.3 Å². The van der Waals surface area contributed by atoms with Gasteiger partial charge in [0, 0.05) is 12.0 Å². The van der Waals surface area contributed by atoms with Crippen molar-refractivity contribution in [1.82, 2.24) is 5.12 Å². The summed E-state index contributed by atoms with van der Waals surface area (Å²) in [4.78, 5) is 10.8. The number of rotatable bonds is 3. The van der Waals surface area contributed by atoms with E-state index in [1.165, 1.54) is 17.3 Å². The van der Waals surface area contributed by atoms with E-state index < -0.39 is 10.8 Å². The lowest BCUT2D eigenvalue weighted by atomic mass is 9.71. The van der Waals surface area contributed by atoms with Crippen molar-refractivity contribution in [3.63, 3.8) is 0 Å². The molecule has 4 rings (SSSR count). The monoisotopic (exact) mass is 397 g/mol. The minimum absolute atomic E-state index is 0.0506. The molecule has 0 saturated carbocycles. The van der Waals surface area contributed by atoms with Crippen LogP contribution in [0.15, 0.2) is 53.6 Å². The summed E-state index contributed by atoms with van der Waals surface area (Å²) in [6.45, 7) is 0.141. The van der Waals surface area contributed by atoms with Gasteiger partial charge in [0.05, 0.1) is 22.8 Å². The molecule has 9 heteroatoms. The second kappa shape index (κ2) is 7.11. The van der Waals surface area contributed by atoms with Gasteiger partial charge in [-0.15, -0.1) is 5.10 Å². The predicted octanol–water partition coefficient (Wildman–Crippen LogP) is 3.36. The molecule has 142 valence electrons.